The van der Waals surface area contributed by atoms with Gasteiger partial charge in [-0.15, -0.1) is 0 Å². The van der Waals surface area contributed by atoms with Gasteiger partial charge in [0, 0.05) is 0 Å². The zero-order valence-corrected chi connectivity index (χ0v) is 20.9. The Kier molecular flexibility index (Phi) is 7.99. The fraction of sp³-hybridized carbons (Fsp3) is 0. The largest absolute Gasteiger partial charge is 0.451 e. The molecule has 4 fully saturated rings. The monoisotopic (exact) mass is 548 g/mol. The second kappa shape index (κ2) is 9.26. The summed E-state index contributed by atoms with van der Waals surface area (Å²) >= 11 is 0. The molecule has 0 aromatic carbocycles. The maximum atomic E-state index is 12.4. The predicted octanol–water partition coefficient (Wildman–Crippen LogP) is -0.136. The van der Waals surface area contributed by atoms with E-state index in [1.807, 2.05) is 0 Å². The van der Waals surface area contributed by atoms with Crippen LogP contribution in [0, 0.1) is 0 Å². The van der Waals surface area contributed by atoms with Gasteiger partial charge in [0.15, 0.2) is 0 Å². The number of rotatable bonds is 0. The van der Waals surface area contributed by atoms with E-state index in [0.717, 1.165) is 0 Å². The van der Waals surface area contributed by atoms with Crippen LogP contribution in [-0.2, 0) is 68.8 Å². The summed E-state index contributed by atoms with van der Waals surface area (Å²) in [6, 6.07) is 0. The molecular formula is O16P4Si6. The van der Waals surface area contributed by atoms with Gasteiger partial charge in [-0.1, -0.05) is 0 Å². The molecule has 4 heterocycles. The highest BCUT2D eigenvalue weighted by Gasteiger charge is 2.43. The molecular weight excluding hydrogens is 548 g/mol. The van der Waals surface area contributed by atoms with Gasteiger partial charge >= 0.3 is 91.3 Å². The lowest BCUT2D eigenvalue weighted by Crippen LogP contribution is -2.21. The molecule has 0 unspecified atom stereocenters. The quantitative estimate of drug-likeness (QED) is 0.288. The van der Waals surface area contributed by atoms with Gasteiger partial charge in [0.05, 0.1) is 0 Å². The summed E-state index contributed by atoms with van der Waals surface area (Å²) in [5, 5.41) is 0. The first-order valence-corrected chi connectivity index (χ1v) is 16.1. The van der Waals surface area contributed by atoms with Gasteiger partial charge in [0.25, 0.3) is 0 Å². The van der Waals surface area contributed by atoms with Crippen LogP contribution in [0.5, 0.6) is 0 Å². The molecule has 26 heteroatoms. The van der Waals surface area contributed by atoms with Crippen molar-refractivity contribution in [2.45, 2.75) is 0 Å². The summed E-state index contributed by atoms with van der Waals surface area (Å²) in [7, 11) is -25.2. The van der Waals surface area contributed by atoms with Crippen molar-refractivity contribution in [1.82, 2.24) is 0 Å². The molecule has 4 saturated heterocycles. The lowest BCUT2D eigenvalue weighted by atomic mass is 15.6. The molecule has 0 aromatic rings. The van der Waals surface area contributed by atoms with Crippen molar-refractivity contribution in [3.05, 3.63) is 0 Å². The molecule has 0 saturated carbocycles. The molecule has 16 nitrogen and oxygen atoms in total. The normalized spacial score (nSPS) is 46.5. The highest BCUT2D eigenvalue weighted by molar-refractivity contribution is 7.56. The average Bonchev–Trinajstić information content (AvgIpc) is 2.52. The van der Waals surface area contributed by atoms with Gasteiger partial charge in [-0.3, -0.25) is 50.6 Å². The molecule has 26 heavy (non-hydrogen) atoms. The molecule has 0 aromatic heterocycles. The average molecular weight is 548 g/mol. The number of fused-ring (bicyclic) bond motifs is 12. The molecule has 4 aliphatic rings. The number of hydrogen-bond donors (Lipinski definition) is 0. The fourth-order valence-electron chi connectivity index (χ4n) is 0.871. The van der Waals surface area contributed by atoms with Crippen LogP contribution in [0.4, 0.5) is 0 Å². The number of phosphoric acid groups is 4. The van der Waals surface area contributed by atoms with Crippen molar-refractivity contribution < 1.29 is 68.8 Å². The first-order valence-electron chi connectivity index (χ1n) is 5.37. The Morgan fingerprint density at radius 2 is 0.423 bits per heavy atom. The topological polar surface area (TPSA) is 179 Å². The summed E-state index contributed by atoms with van der Waals surface area (Å²) in [4.78, 5) is 0. The summed E-state index contributed by atoms with van der Waals surface area (Å²) in [5.41, 5.74) is 0. The van der Waals surface area contributed by atoms with Crippen molar-refractivity contribution in [3.63, 3.8) is 0 Å². The van der Waals surface area contributed by atoms with Crippen LogP contribution in [0.3, 0.4) is 0 Å². The minimum Gasteiger partial charge on any atom is -0.299 e. The van der Waals surface area contributed by atoms with E-state index in [9.17, 15) is 18.3 Å². The smallest absolute Gasteiger partial charge is 0.299 e. The van der Waals surface area contributed by atoms with Gasteiger partial charge in [-0.05, 0) is 0 Å². The van der Waals surface area contributed by atoms with Gasteiger partial charge < -0.3 is 0 Å². The Balaban J connectivity index is 1.98. The summed E-state index contributed by atoms with van der Waals surface area (Å²) < 4.78 is 107. The lowest BCUT2D eigenvalue weighted by molar-refractivity contribution is 0.206. The molecule has 0 amide bonds. The second-order valence-corrected chi connectivity index (χ2v) is 16.7. The molecule has 4 rings (SSSR count). The molecule has 0 N–H and O–H groups in total. The second-order valence-electron chi connectivity index (χ2n) is 3.38. The van der Waals surface area contributed by atoms with Crippen LogP contribution < -0.4 is 0 Å². The van der Waals surface area contributed by atoms with E-state index in [2.05, 4.69) is 0 Å². The van der Waals surface area contributed by atoms with Crippen LogP contribution in [0.1, 0.15) is 0 Å². The third-order valence-corrected chi connectivity index (χ3v) is 16.1. The maximum absolute atomic E-state index is 12.4. The molecule has 0 spiro atoms. The van der Waals surface area contributed by atoms with E-state index in [1.165, 1.54) is 0 Å². The third-order valence-electron chi connectivity index (χ3n) is 1.79. The zero-order valence-electron chi connectivity index (χ0n) is 11.3. The Morgan fingerprint density at radius 1 is 0.308 bits per heavy atom. The standard InChI is InChI=1S/O16P4Si6/c1-17-5-21-8-18(2)11-24-13-19(3,9-22-6-17)15-26-16-20(4,10-23-7-17)14-25-12-18. The Hall–Kier alpha value is 1.74. The number of hydrogen-bond acceptors (Lipinski definition) is 16. The Bertz CT molecular complexity index is 495. The van der Waals surface area contributed by atoms with E-state index >= 15 is 0 Å². The molecule has 12 radical (unpaired) electrons. The van der Waals surface area contributed by atoms with E-state index < -0.39 is 91.3 Å². The predicted molar refractivity (Wildman–Crippen MR) is 78.0 cm³/mol. The Morgan fingerprint density at radius 3 is 0.538 bits per heavy atom. The SMILES string of the molecule is O=P12O[Si]OP3(=O)O[Si]OP(=O)(O[Si]O1)O[Si]OP(=O)(O[Si]O2)O[Si]O3. The minimum absolute atomic E-state index is 1.22. The fourth-order valence-corrected chi connectivity index (χ4v) is 13.7. The van der Waals surface area contributed by atoms with E-state index in [-0.39, 0.29) is 0 Å². The molecule has 0 aliphatic carbocycles. The Labute approximate surface area is 160 Å². The highest BCUT2D eigenvalue weighted by atomic mass is 31.2. The van der Waals surface area contributed by atoms with Crippen LogP contribution in [-0.4, -0.2) is 60.0 Å². The van der Waals surface area contributed by atoms with Crippen molar-refractivity contribution in [2.75, 3.05) is 0 Å². The van der Waals surface area contributed by atoms with Crippen LogP contribution >= 0.6 is 31.3 Å². The van der Waals surface area contributed by atoms with Crippen molar-refractivity contribution >= 4 is 91.3 Å². The third kappa shape index (κ3) is 6.37. The van der Waals surface area contributed by atoms with Crippen molar-refractivity contribution in [3.8, 4) is 0 Å². The zero-order chi connectivity index (χ0) is 18.7. The van der Waals surface area contributed by atoms with Crippen LogP contribution in [0.25, 0.3) is 0 Å². The summed E-state index contributed by atoms with van der Waals surface area (Å²) in [5.74, 6) is 0. The van der Waals surface area contributed by atoms with E-state index in [1.54, 1.807) is 0 Å². The summed E-state index contributed by atoms with van der Waals surface area (Å²) in [6.07, 6.45) is 0. The van der Waals surface area contributed by atoms with Crippen molar-refractivity contribution in [1.29, 1.82) is 0 Å². The van der Waals surface area contributed by atoms with Crippen LogP contribution in [0.2, 0.25) is 0 Å². The highest BCUT2D eigenvalue weighted by Crippen LogP contribution is 2.59. The first kappa shape index (κ1) is 22.4. The molecule has 140 valence electrons. The van der Waals surface area contributed by atoms with Crippen LogP contribution in [0.15, 0.2) is 0 Å². The van der Waals surface area contributed by atoms with E-state index in [4.69, 9.17) is 50.6 Å². The van der Waals surface area contributed by atoms with Gasteiger partial charge in [0.1, 0.15) is 0 Å². The molecule has 4 bridgehead atoms. The van der Waals surface area contributed by atoms with E-state index in [0.29, 0.717) is 0 Å². The minimum atomic E-state index is -4.46. The van der Waals surface area contributed by atoms with Gasteiger partial charge in [-0.2, -0.15) is 0 Å². The molecule has 0 atom stereocenters. The first-order chi connectivity index (χ1) is 12.2. The maximum Gasteiger partial charge on any atom is 0.451 e. The van der Waals surface area contributed by atoms with Crippen molar-refractivity contribution in [2.24, 2.45) is 0 Å². The lowest BCUT2D eigenvalue weighted by Gasteiger charge is -2.25. The summed E-state index contributed by atoms with van der Waals surface area (Å²) in [6.45, 7) is 0. The van der Waals surface area contributed by atoms with Gasteiger partial charge in [-0.25, -0.2) is 18.3 Å². The molecule has 4 aliphatic heterocycles. The van der Waals surface area contributed by atoms with Gasteiger partial charge in [0.2, 0.25) is 0 Å².